The van der Waals surface area contributed by atoms with Gasteiger partial charge >= 0.3 is 0 Å². The second-order valence-electron chi connectivity index (χ2n) is 4.82. The number of nitrogens with zero attached hydrogens (tertiary/aromatic N) is 1. The second-order valence-corrected chi connectivity index (χ2v) is 4.82. The van der Waals surface area contributed by atoms with E-state index < -0.39 is 0 Å². The molecule has 0 bridgehead atoms. The van der Waals surface area contributed by atoms with Gasteiger partial charge in [0.2, 0.25) is 5.88 Å². The van der Waals surface area contributed by atoms with Gasteiger partial charge in [-0.05, 0) is 32.6 Å². The van der Waals surface area contributed by atoms with Crippen molar-refractivity contribution in [3.05, 3.63) is 17.3 Å². The summed E-state index contributed by atoms with van der Waals surface area (Å²) in [6.45, 7) is 1.93. The predicted octanol–water partition coefficient (Wildman–Crippen LogP) is 1.83. The lowest BCUT2D eigenvalue weighted by atomic mass is 10.0. The van der Waals surface area contributed by atoms with Gasteiger partial charge in [0.05, 0.1) is 19.8 Å². The SMILES string of the molecule is COc1cc(C)nc(OC)c1CCC1(N)CC1. The van der Waals surface area contributed by atoms with Gasteiger partial charge in [-0.25, -0.2) is 4.98 Å². The molecule has 0 aromatic carbocycles. The van der Waals surface area contributed by atoms with Gasteiger partial charge in [-0.3, -0.25) is 0 Å². The Morgan fingerprint density at radius 1 is 1.35 bits per heavy atom. The standard InChI is InChI=1S/C13H20N2O2/c1-9-8-11(16-2)10(12(15-9)17-3)4-5-13(14)6-7-13/h8H,4-7,14H2,1-3H3. The van der Waals surface area contributed by atoms with Crippen LogP contribution in [0.25, 0.3) is 0 Å². The summed E-state index contributed by atoms with van der Waals surface area (Å²) < 4.78 is 10.7. The maximum absolute atomic E-state index is 6.11. The molecule has 1 aromatic rings. The number of hydrogen-bond donors (Lipinski definition) is 1. The van der Waals surface area contributed by atoms with E-state index in [9.17, 15) is 0 Å². The van der Waals surface area contributed by atoms with Crippen LogP contribution in [0.5, 0.6) is 11.6 Å². The molecule has 94 valence electrons. The van der Waals surface area contributed by atoms with Gasteiger partial charge in [0, 0.05) is 17.3 Å². The Bertz CT molecular complexity index is 389. The van der Waals surface area contributed by atoms with Crippen LogP contribution in [0.3, 0.4) is 0 Å². The molecule has 1 fully saturated rings. The van der Waals surface area contributed by atoms with Crippen LogP contribution in [-0.2, 0) is 6.42 Å². The first kappa shape index (κ1) is 12.2. The third-order valence-corrected chi connectivity index (χ3v) is 3.35. The molecule has 17 heavy (non-hydrogen) atoms. The highest BCUT2D eigenvalue weighted by Crippen LogP contribution is 2.39. The molecule has 0 spiro atoms. The van der Waals surface area contributed by atoms with Gasteiger partial charge in [0.15, 0.2) is 0 Å². The molecule has 4 nitrogen and oxygen atoms in total. The molecule has 1 aliphatic rings. The molecular formula is C13H20N2O2. The molecule has 0 unspecified atom stereocenters. The van der Waals surface area contributed by atoms with Crippen molar-refractivity contribution >= 4 is 0 Å². The lowest BCUT2D eigenvalue weighted by molar-refractivity contribution is 0.370. The van der Waals surface area contributed by atoms with Crippen LogP contribution >= 0.6 is 0 Å². The molecule has 1 aromatic heterocycles. The van der Waals surface area contributed by atoms with Gasteiger partial charge < -0.3 is 15.2 Å². The molecule has 0 radical (unpaired) electrons. The molecule has 2 rings (SSSR count). The third kappa shape index (κ3) is 2.69. The molecular weight excluding hydrogens is 216 g/mol. The van der Waals surface area contributed by atoms with Crippen molar-refractivity contribution in [1.82, 2.24) is 4.98 Å². The molecule has 0 amide bonds. The van der Waals surface area contributed by atoms with Crippen LogP contribution < -0.4 is 15.2 Å². The predicted molar refractivity (Wildman–Crippen MR) is 66.6 cm³/mol. The van der Waals surface area contributed by atoms with Gasteiger partial charge in [-0.1, -0.05) is 0 Å². The third-order valence-electron chi connectivity index (χ3n) is 3.35. The number of hydrogen-bond acceptors (Lipinski definition) is 4. The number of ether oxygens (including phenoxy) is 2. The monoisotopic (exact) mass is 236 g/mol. The van der Waals surface area contributed by atoms with E-state index in [1.54, 1.807) is 14.2 Å². The summed E-state index contributed by atoms with van der Waals surface area (Å²) >= 11 is 0. The minimum atomic E-state index is 0.0426. The van der Waals surface area contributed by atoms with Crippen LogP contribution in [0, 0.1) is 6.92 Å². The zero-order valence-corrected chi connectivity index (χ0v) is 10.7. The Morgan fingerprint density at radius 3 is 2.59 bits per heavy atom. The van der Waals surface area contributed by atoms with Crippen LogP contribution in [-0.4, -0.2) is 24.7 Å². The van der Waals surface area contributed by atoms with Crippen LogP contribution in [0.4, 0.5) is 0 Å². The van der Waals surface area contributed by atoms with Crippen molar-refractivity contribution < 1.29 is 9.47 Å². The summed E-state index contributed by atoms with van der Waals surface area (Å²) in [5.74, 6) is 1.50. The number of rotatable bonds is 5. The van der Waals surface area contributed by atoms with Gasteiger partial charge in [0.1, 0.15) is 5.75 Å². The molecule has 1 heterocycles. The summed E-state index contributed by atoms with van der Waals surface area (Å²) in [4.78, 5) is 4.38. The molecule has 2 N–H and O–H groups in total. The maximum atomic E-state index is 6.11. The molecule has 4 heteroatoms. The fourth-order valence-electron chi connectivity index (χ4n) is 2.01. The minimum Gasteiger partial charge on any atom is -0.496 e. The normalized spacial score (nSPS) is 16.7. The molecule has 0 saturated heterocycles. The highest BCUT2D eigenvalue weighted by atomic mass is 16.5. The molecule has 0 aliphatic heterocycles. The van der Waals surface area contributed by atoms with Crippen molar-refractivity contribution in [2.24, 2.45) is 5.73 Å². The van der Waals surface area contributed by atoms with E-state index in [1.807, 2.05) is 13.0 Å². The van der Waals surface area contributed by atoms with Crippen molar-refractivity contribution in [3.63, 3.8) is 0 Å². The van der Waals surface area contributed by atoms with Crippen LogP contribution in [0.2, 0.25) is 0 Å². The van der Waals surface area contributed by atoms with Crippen molar-refractivity contribution in [3.8, 4) is 11.6 Å². The number of aromatic nitrogens is 1. The van der Waals surface area contributed by atoms with E-state index >= 15 is 0 Å². The molecule has 1 saturated carbocycles. The van der Waals surface area contributed by atoms with Crippen molar-refractivity contribution in [1.29, 1.82) is 0 Å². The summed E-state index contributed by atoms with van der Waals surface area (Å²) in [6, 6.07) is 1.94. The van der Waals surface area contributed by atoms with Gasteiger partial charge in [-0.15, -0.1) is 0 Å². The average Bonchev–Trinajstić information content (AvgIpc) is 3.04. The second kappa shape index (κ2) is 4.53. The summed E-state index contributed by atoms with van der Waals surface area (Å²) in [7, 11) is 3.31. The number of methoxy groups -OCH3 is 2. The Hall–Kier alpha value is -1.29. The Labute approximate surface area is 102 Å². The zero-order valence-electron chi connectivity index (χ0n) is 10.7. The summed E-state index contributed by atoms with van der Waals surface area (Å²) in [5.41, 5.74) is 8.07. The van der Waals surface area contributed by atoms with Crippen molar-refractivity contribution in [2.75, 3.05) is 14.2 Å². The Balaban J connectivity index is 2.22. The fraction of sp³-hybridized carbons (Fsp3) is 0.615. The van der Waals surface area contributed by atoms with E-state index in [1.165, 1.54) is 0 Å². The van der Waals surface area contributed by atoms with Gasteiger partial charge in [0.25, 0.3) is 0 Å². The van der Waals surface area contributed by atoms with E-state index in [2.05, 4.69) is 4.98 Å². The highest BCUT2D eigenvalue weighted by Gasteiger charge is 2.37. The van der Waals surface area contributed by atoms with E-state index in [0.29, 0.717) is 5.88 Å². The Kier molecular flexibility index (Phi) is 3.24. The Morgan fingerprint density at radius 2 is 2.06 bits per heavy atom. The van der Waals surface area contributed by atoms with Gasteiger partial charge in [-0.2, -0.15) is 0 Å². The lowest BCUT2D eigenvalue weighted by Gasteiger charge is -2.15. The first-order valence-electron chi connectivity index (χ1n) is 5.95. The van der Waals surface area contributed by atoms with E-state index in [4.69, 9.17) is 15.2 Å². The smallest absolute Gasteiger partial charge is 0.220 e. The topological polar surface area (TPSA) is 57.4 Å². The van der Waals surface area contributed by atoms with E-state index in [-0.39, 0.29) is 5.54 Å². The first-order valence-corrected chi connectivity index (χ1v) is 5.95. The largest absolute Gasteiger partial charge is 0.496 e. The van der Waals surface area contributed by atoms with Crippen LogP contribution in [0.15, 0.2) is 6.07 Å². The summed E-state index contributed by atoms with van der Waals surface area (Å²) in [6.07, 6.45) is 4.06. The number of nitrogens with two attached hydrogens (primary N) is 1. The number of aryl methyl sites for hydroxylation is 1. The molecule has 1 aliphatic carbocycles. The lowest BCUT2D eigenvalue weighted by Crippen LogP contribution is -2.22. The first-order chi connectivity index (χ1) is 8.08. The minimum absolute atomic E-state index is 0.0426. The number of pyridine rings is 1. The summed E-state index contributed by atoms with van der Waals surface area (Å²) in [5, 5.41) is 0. The zero-order chi connectivity index (χ0) is 12.5. The highest BCUT2D eigenvalue weighted by molar-refractivity contribution is 5.42. The average molecular weight is 236 g/mol. The van der Waals surface area contributed by atoms with Crippen LogP contribution in [0.1, 0.15) is 30.5 Å². The van der Waals surface area contributed by atoms with E-state index in [0.717, 1.165) is 42.7 Å². The maximum Gasteiger partial charge on any atom is 0.220 e. The fourth-order valence-corrected chi connectivity index (χ4v) is 2.01. The molecule has 0 atom stereocenters. The van der Waals surface area contributed by atoms with Crippen molar-refractivity contribution in [2.45, 2.75) is 38.1 Å². The quantitative estimate of drug-likeness (QED) is 0.847.